The van der Waals surface area contributed by atoms with Gasteiger partial charge in [-0.3, -0.25) is 9.48 Å². The number of rotatable bonds is 8. The molecule has 0 radical (unpaired) electrons. The van der Waals surface area contributed by atoms with E-state index in [2.05, 4.69) is 10.4 Å². The zero-order chi connectivity index (χ0) is 23.2. The number of nitrogens with zero attached hydrogens (tertiary/aromatic N) is 2. The number of aromatic nitrogens is 2. The number of amides is 1. The molecule has 0 bridgehead atoms. The highest BCUT2D eigenvalue weighted by Crippen LogP contribution is 2.20. The maximum Gasteiger partial charge on any atom is 0.258 e. The Labute approximate surface area is 194 Å². The van der Waals surface area contributed by atoms with Crippen molar-refractivity contribution in [3.63, 3.8) is 0 Å². The first-order valence-electron chi connectivity index (χ1n) is 10.2. The van der Waals surface area contributed by atoms with Gasteiger partial charge in [-0.05, 0) is 53.1 Å². The Bertz CT molecular complexity index is 1260. The zero-order valence-corrected chi connectivity index (χ0v) is 18.2. The summed E-state index contributed by atoms with van der Waals surface area (Å²) in [6.45, 7) is 0.569. The van der Waals surface area contributed by atoms with Crippen LogP contribution in [0.25, 0.3) is 0 Å². The molecule has 0 atom stereocenters. The lowest BCUT2D eigenvalue weighted by molar-refractivity contribution is 0.0946. The quantitative estimate of drug-likeness (QED) is 0.379. The van der Waals surface area contributed by atoms with Crippen LogP contribution >= 0.6 is 11.6 Å². The predicted octanol–water partition coefficient (Wildman–Crippen LogP) is 5.37. The average Bonchev–Trinajstić information content (AvgIpc) is 3.20. The summed E-state index contributed by atoms with van der Waals surface area (Å²) in [6, 6.07) is 19.2. The van der Waals surface area contributed by atoms with Crippen molar-refractivity contribution in [1.29, 1.82) is 0 Å². The lowest BCUT2D eigenvalue weighted by atomic mass is 10.2. The predicted molar refractivity (Wildman–Crippen MR) is 121 cm³/mol. The normalized spacial score (nSPS) is 10.8. The highest BCUT2D eigenvalue weighted by Gasteiger charge is 2.18. The molecule has 4 aromatic rings. The Balaban J connectivity index is 1.53. The fraction of sp³-hybridized carbons (Fsp3) is 0.120. The Morgan fingerprint density at radius 1 is 0.939 bits per heavy atom. The van der Waals surface area contributed by atoms with Crippen LogP contribution < -0.4 is 10.1 Å². The molecule has 0 aliphatic rings. The van der Waals surface area contributed by atoms with Crippen LogP contribution in [-0.4, -0.2) is 15.7 Å². The number of carbonyl (C=O) groups is 1. The number of hydrogen-bond acceptors (Lipinski definition) is 3. The van der Waals surface area contributed by atoms with Gasteiger partial charge in [-0.25, -0.2) is 8.78 Å². The third-order valence-electron chi connectivity index (χ3n) is 4.84. The molecule has 1 aromatic heterocycles. The summed E-state index contributed by atoms with van der Waals surface area (Å²) in [5.41, 5.74) is 2.38. The van der Waals surface area contributed by atoms with Crippen LogP contribution in [0, 0.1) is 11.6 Å². The van der Waals surface area contributed by atoms with Gasteiger partial charge in [0.25, 0.3) is 5.91 Å². The summed E-state index contributed by atoms with van der Waals surface area (Å²) < 4.78 is 34.3. The number of ether oxygens (including phenoxy) is 1. The van der Waals surface area contributed by atoms with E-state index in [0.717, 1.165) is 5.56 Å². The third-order valence-corrected chi connectivity index (χ3v) is 5.09. The molecule has 1 N–H and O–H groups in total. The minimum Gasteiger partial charge on any atom is -0.471 e. The van der Waals surface area contributed by atoms with Gasteiger partial charge in [-0.2, -0.15) is 0 Å². The number of hydrogen-bond donors (Lipinski definition) is 1. The molecule has 0 aliphatic carbocycles. The van der Waals surface area contributed by atoms with Crippen molar-refractivity contribution < 1.29 is 18.3 Å². The highest BCUT2D eigenvalue weighted by molar-refractivity contribution is 6.30. The third kappa shape index (κ3) is 6.17. The van der Waals surface area contributed by atoms with E-state index >= 15 is 0 Å². The number of benzene rings is 3. The number of halogens is 3. The average molecular weight is 468 g/mol. The molecule has 4 rings (SSSR count). The van der Waals surface area contributed by atoms with Crippen LogP contribution in [0.4, 0.5) is 8.78 Å². The zero-order valence-electron chi connectivity index (χ0n) is 17.5. The first-order chi connectivity index (χ1) is 16.0. The minimum absolute atomic E-state index is 0.0339. The molecule has 0 saturated heterocycles. The Hall–Kier alpha value is -3.71. The molecule has 0 fully saturated rings. The Morgan fingerprint density at radius 3 is 2.30 bits per heavy atom. The lowest BCUT2D eigenvalue weighted by Crippen LogP contribution is -2.23. The van der Waals surface area contributed by atoms with Crippen molar-refractivity contribution in [2.24, 2.45) is 0 Å². The van der Waals surface area contributed by atoms with Crippen LogP contribution in [0.1, 0.15) is 27.0 Å². The topological polar surface area (TPSA) is 56.2 Å². The van der Waals surface area contributed by atoms with E-state index in [9.17, 15) is 13.6 Å². The second kappa shape index (κ2) is 10.3. The fourth-order valence-corrected chi connectivity index (χ4v) is 3.35. The molecule has 0 spiro atoms. The van der Waals surface area contributed by atoms with Crippen LogP contribution in [-0.2, 0) is 19.7 Å². The summed E-state index contributed by atoms with van der Waals surface area (Å²) in [5, 5.41) is 7.80. The maximum absolute atomic E-state index is 13.6. The second-order valence-electron chi connectivity index (χ2n) is 7.40. The van der Waals surface area contributed by atoms with E-state index < -0.39 is 0 Å². The first kappa shape index (κ1) is 22.5. The monoisotopic (exact) mass is 467 g/mol. The SMILES string of the molecule is O=C(NCc1ccc(Cl)cc1)c1cn(Cc2cccc(F)c2)nc1OCc1cccc(F)c1. The van der Waals surface area contributed by atoms with Crippen LogP contribution in [0.3, 0.4) is 0 Å². The highest BCUT2D eigenvalue weighted by atomic mass is 35.5. The van der Waals surface area contributed by atoms with Gasteiger partial charge >= 0.3 is 0 Å². The molecule has 8 heteroatoms. The van der Waals surface area contributed by atoms with Gasteiger partial charge in [0.05, 0.1) is 6.54 Å². The van der Waals surface area contributed by atoms with Crippen molar-refractivity contribution in [2.75, 3.05) is 0 Å². The van der Waals surface area contributed by atoms with Crippen LogP contribution in [0.2, 0.25) is 5.02 Å². The molecule has 0 unspecified atom stereocenters. The lowest BCUT2D eigenvalue weighted by Gasteiger charge is -2.07. The molecule has 3 aromatic carbocycles. The van der Waals surface area contributed by atoms with Gasteiger partial charge in [-0.1, -0.05) is 48.0 Å². The van der Waals surface area contributed by atoms with Crippen LogP contribution in [0.15, 0.2) is 79.0 Å². The van der Waals surface area contributed by atoms with Crippen molar-refractivity contribution >= 4 is 17.5 Å². The molecule has 168 valence electrons. The van der Waals surface area contributed by atoms with E-state index in [-0.39, 0.29) is 48.7 Å². The van der Waals surface area contributed by atoms with E-state index in [4.69, 9.17) is 16.3 Å². The molecule has 5 nitrogen and oxygen atoms in total. The summed E-state index contributed by atoms with van der Waals surface area (Å²) >= 11 is 5.90. The minimum atomic E-state index is -0.385. The first-order valence-corrected chi connectivity index (χ1v) is 10.6. The fourth-order valence-electron chi connectivity index (χ4n) is 3.23. The van der Waals surface area contributed by atoms with Gasteiger partial charge in [0.15, 0.2) is 0 Å². The summed E-state index contributed by atoms with van der Waals surface area (Å²) in [5.74, 6) is -1.02. The van der Waals surface area contributed by atoms with Gasteiger partial charge < -0.3 is 10.1 Å². The van der Waals surface area contributed by atoms with E-state index in [0.29, 0.717) is 16.1 Å². The molecule has 1 amide bonds. The van der Waals surface area contributed by atoms with Crippen LogP contribution in [0.5, 0.6) is 5.88 Å². The van der Waals surface area contributed by atoms with Crippen molar-refractivity contribution in [1.82, 2.24) is 15.1 Å². The smallest absolute Gasteiger partial charge is 0.258 e. The summed E-state index contributed by atoms with van der Waals surface area (Å²) in [6.07, 6.45) is 1.54. The Morgan fingerprint density at radius 2 is 1.61 bits per heavy atom. The van der Waals surface area contributed by atoms with E-state index in [1.807, 2.05) is 12.1 Å². The second-order valence-corrected chi connectivity index (χ2v) is 7.84. The maximum atomic E-state index is 13.6. The molecule has 0 aliphatic heterocycles. The van der Waals surface area contributed by atoms with Gasteiger partial charge in [0, 0.05) is 17.8 Å². The Kier molecular flexibility index (Phi) is 7.00. The van der Waals surface area contributed by atoms with Gasteiger partial charge in [0.2, 0.25) is 5.88 Å². The van der Waals surface area contributed by atoms with Crippen molar-refractivity contribution in [2.45, 2.75) is 19.7 Å². The largest absolute Gasteiger partial charge is 0.471 e. The summed E-state index contributed by atoms with van der Waals surface area (Å²) in [4.78, 5) is 12.9. The molecule has 33 heavy (non-hydrogen) atoms. The molecular formula is C25H20ClF2N3O2. The van der Waals surface area contributed by atoms with Crippen molar-refractivity contribution in [3.8, 4) is 5.88 Å². The van der Waals surface area contributed by atoms with Gasteiger partial charge in [-0.15, -0.1) is 5.10 Å². The molecule has 0 saturated carbocycles. The van der Waals surface area contributed by atoms with E-state index in [1.54, 1.807) is 42.6 Å². The number of carbonyl (C=O) groups excluding carboxylic acids is 1. The van der Waals surface area contributed by atoms with E-state index in [1.165, 1.54) is 28.9 Å². The summed E-state index contributed by atoms with van der Waals surface area (Å²) in [7, 11) is 0. The van der Waals surface area contributed by atoms with Crippen molar-refractivity contribution in [3.05, 3.63) is 118 Å². The standard InChI is InChI=1S/C25H20ClF2N3O2/c26-20-9-7-17(8-10-20)13-29-24(32)23-15-31(14-18-3-1-5-21(27)11-18)30-25(23)33-16-19-4-2-6-22(28)12-19/h1-12,15H,13-14,16H2,(H,29,32). The van der Waals surface area contributed by atoms with Gasteiger partial charge in [0.1, 0.15) is 23.8 Å². The number of nitrogens with one attached hydrogen (secondary N) is 1. The molecule has 1 heterocycles. The molecular weight excluding hydrogens is 448 g/mol.